The zero-order valence-corrected chi connectivity index (χ0v) is 25.9. The van der Waals surface area contributed by atoms with Crippen LogP contribution in [0.15, 0.2) is 0 Å². The van der Waals surface area contributed by atoms with Crippen molar-refractivity contribution >= 4 is 41.3 Å². The molecular formula is C28H49N5O8. The van der Waals surface area contributed by atoms with E-state index in [-0.39, 0.29) is 24.7 Å². The number of carbonyl (C=O) groups is 7. The summed E-state index contributed by atoms with van der Waals surface area (Å²) in [4.78, 5) is 87.9. The molecule has 0 saturated carbocycles. The van der Waals surface area contributed by atoms with Crippen molar-refractivity contribution in [2.75, 3.05) is 0 Å². The van der Waals surface area contributed by atoms with Gasteiger partial charge >= 0.3 is 5.97 Å². The molecule has 0 saturated heterocycles. The summed E-state index contributed by atoms with van der Waals surface area (Å²) in [6.45, 7) is 16.6. The lowest BCUT2D eigenvalue weighted by molar-refractivity contribution is -0.144. The SMILES string of the molecule is CC[C@H](NC(=O)[C@@H](NC(=O)[C@@H](NC(C)=O)C(C)C)C(C)C)C(=O)C(=O)N[C@H](CC(C)C)C(=O)N[C@H](C(=O)O)C(C)C. The Hall–Kier alpha value is -3.51. The van der Waals surface area contributed by atoms with Crippen molar-refractivity contribution in [1.29, 1.82) is 0 Å². The number of rotatable bonds is 17. The number of nitrogens with one attached hydrogen (secondary N) is 5. The normalized spacial score (nSPS) is 15.0. The minimum absolute atomic E-state index is 0.0484. The van der Waals surface area contributed by atoms with E-state index in [2.05, 4.69) is 26.6 Å². The molecule has 6 N–H and O–H groups in total. The van der Waals surface area contributed by atoms with Crippen LogP contribution >= 0.6 is 0 Å². The van der Waals surface area contributed by atoms with Crippen molar-refractivity contribution in [3.63, 3.8) is 0 Å². The van der Waals surface area contributed by atoms with E-state index in [0.717, 1.165) is 0 Å². The zero-order chi connectivity index (χ0) is 32.2. The molecule has 0 spiro atoms. The average molecular weight is 584 g/mol. The van der Waals surface area contributed by atoms with Gasteiger partial charge in [-0.25, -0.2) is 4.79 Å². The molecule has 0 aromatic heterocycles. The van der Waals surface area contributed by atoms with Crippen molar-refractivity contribution in [2.45, 2.75) is 112 Å². The lowest BCUT2D eigenvalue weighted by atomic mass is 9.98. The van der Waals surface area contributed by atoms with Gasteiger partial charge in [-0.15, -0.1) is 0 Å². The first-order chi connectivity index (χ1) is 18.8. The third kappa shape index (κ3) is 12.7. The summed E-state index contributed by atoms with van der Waals surface area (Å²) in [5.74, 6) is -6.87. The van der Waals surface area contributed by atoms with Crippen LogP contribution in [0.1, 0.15) is 82.1 Å². The zero-order valence-electron chi connectivity index (χ0n) is 25.9. The minimum atomic E-state index is -1.25. The molecule has 0 aliphatic heterocycles. The second kappa shape index (κ2) is 17.3. The van der Waals surface area contributed by atoms with Crippen LogP contribution in [0.3, 0.4) is 0 Å². The van der Waals surface area contributed by atoms with Crippen molar-refractivity contribution in [3.05, 3.63) is 0 Å². The predicted molar refractivity (Wildman–Crippen MR) is 152 cm³/mol. The van der Waals surface area contributed by atoms with Gasteiger partial charge in [0, 0.05) is 6.92 Å². The van der Waals surface area contributed by atoms with Gasteiger partial charge in [0.05, 0.1) is 6.04 Å². The summed E-state index contributed by atoms with van der Waals surface area (Å²) in [7, 11) is 0. The van der Waals surface area contributed by atoms with E-state index < -0.39 is 83.3 Å². The van der Waals surface area contributed by atoms with Gasteiger partial charge in [0.25, 0.3) is 5.91 Å². The maximum atomic E-state index is 13.1. The molecule has 13 heteroatoms. The van der Waals surface area contributed by atoms with Crippen LogP contribution in [0, 0.1) is 23.7 Å². The summed E-state index contributed by atoms with van der Waals surface area (Å²) < 4.78 is 0. The Bertz CT molecular complexity index is 963. The number of Topliss-reactive ketones (excluding diaryl/α,β-unsaturated/α-hetero) is 1. The van der Waals surface area contributed by atoms with Gasteiger partial charge in [0.15, 0.2) is 0 Å². The van der Waals surface area contributed by atoms with Crippen molar-refractivity contribution in [1.82, 2.24) is 26.6 Å². The molecule has 0 aliphatic rings. The molecule has 0 radical (unpaired) electrons. The van der Waals surface area contributed by atoms with Crippen LogP contribution in [-0.4, -0.2) is 76.6 Å². The molecule has 234 valence electrons. The highest BCUT2D eigenvalue weighted by atomic mass is 16.4. The molecule has 13 nitrogen and oxygen atoms in total. The monoisotopic (exact) mass is 583 g/mol. The van der Waals surface area contributed by atoms with E-state index in [1.807, 2.05) is 0 Å². The lowest BCUT2D eigenvalue weighted by Crippen LogP contribution is -2.59. The number of amides is 5. The Morgan fingerprint density at radius 3 is 1.41 bits per heavy atom. The Morgan fingerprint density at radius 2 is 1.02 bits per heavy atom. The Kier molecular flexibility index (Phi) is 15.9. The van der Waals surface area contributed by atoms with Crippen LogP contribution in [0.4, 0.5) is 0 Å². The third-order valence-corrected chi connectivity index (χ3v) is 6.38. The summed E-state index contributed by atoms with van der Waals surface area (Å²) in [6, 6.07) is -5.55. The van der Waals surface area contributed by atoms with Gasteiger partial charge in [0.1, 0.15) is 24.2 Å². The second-order valence-corrected chi connectivity index (χ2v) is 11.7. The molecular weight excluding hydrogens is 534 g/mol. The Morgan fingerprint density at radius 1 is 0.585 bits per heavy atom. The fourth-order valence-corrected chi connectivity index (χ4v) is 4.00. The molecule has 0 heterocycles. The number of ketones is 1. The number of aliphatic carboxylic acids is 1. The quantitative estimate of drug-likeness (QED) is 0.133. The first kappa shape index (κ1) is 37.5. The van der Waals surface area contributed by atoms with Gasteiger partial charge in [-0.1, -0.05) is 62.3 Å². The van der Waals surface area contributed by atoms with Gasteiger partial charge in [-0.05, 0) is 36.5 Å². The average Bonchev–Trinajstić information content (AvgIpc) is 2.84. The predicted octanol–water partition coefficient (Wildman–Crippen LogP) is 0.508. The van der Waals surface area contributed by atoms with E-state index in [1.54, 1.807) is 62.3 Å². The summed E-state index contributed by atoms with van der Waals surface area (Å²) in [5, 5.41) is 21.9. The number of hydrogen-bond acceptors (Lipinski definition) is 7. The largest absolute Gasteiger partial charge is 0.480 e. The molecule has 0 fully saturated rings. The van der Waals surface area contributed by atoms with Gasteiger partial charge in [-0.3, -0.25) is 28.8 Å². The van der Waals surface area contributed by atoms with Gasteiger partial charge in [-0.2, -0.15) is 0 Å². The number of hydrogen-bond donors (Lipinski definition) is 6. The minimum Gasteiger partial charge on any atom is -0.480 e. The van der Waals surface area contributed by atoms with Crippen LogP contribution in [-0.2, 0) is 33.6 Å². The topological polar surface area (TPSA) is 200 Å². The molecule has 0 rings (SSSR count). The van der Waals surface area contributed by atoms with Crippen LogP contribution in [0.2, 0.25) is 0 Å². The highest BCUT2D eigenvalue weighted by Gasteiger charge is 2.35. The lowest BCUT2D eigenvalue weighted by Gasteiger charge is -2.28. The molecule has 0 aromatic rings. The highest BCUT2D eigenvalue weighted by molar-refractivity contribution is 6.38. The van der Waals surface area contributed by atoms with Crippen molar-refractivity contribution in [3.8, 4) is 0 Å². The number of carbonyl (C=O) groups excluding carboxylic acids is 6. The van der Waals surface area contributed by atoms with E-state index in [1.165, 1.54) is 6.92 Å². The molecule has 0 aromatic carbocycles. The van der Waals surface area contributed by atoms with Crippen LogP contribution in [0.25, 0.3) is 0 Å². The number of carboxylic acid groups (broad SMARTS) is 1. The van der Waals surface area contributed by atoms with Crippen molar-refractivity contribution in [2.24, 2.45) is 23.7 Å². The summed E-state index contributed by atoms with van der Waals surface area (Å²) in [6.07, 6.45) is 0.192. The summed E-state index contributed by atoms with van der Waals surface area (Å²) in [5.41, 5.74) is 0. The molecule has 5 amide bonds. The fourth-order valence-electron chi connectivity index (χ4n) is 4.00. The smallest absolute Gasteiger partial charge is 0.326 e. The highest BCUT2D eigenvalue weighted by Crippen LogP contribution is 2.10. The first-order valence-electron chi connectivity index (χ1n) is 14.1. The second-order valence-electron chi connectivity index (χ2n) is 11.7. The summed E-state index contributed by atoms with van der Waals surface area (Å²) >= 11 is 0. The van der Waals surface area contributed by atoms with E-state index in [9.17, 15) is 38.7 Å². The Balaban J connectivity index is 5.70. The first-order valence-corrected chi connectivity index (χ1v) is 14.1. The molecule has 0 bridgehead atoms. The molecule has 0 unspecified atom stereocenters. The number of carboxylic acids is 1. The molecule has 5 atom stereocenters. The molecule has 0 aliphatic carbocycles. The maximum Gasteiger partial charge on any atom is 0.326 e. The fraction of sp³-hybridized carbons (Fsp3) is 0.750. The van der Waals surface area contributed by atoms with Gasteiger partial charge < -0.3 is 31.7 Å². The Labute approximate surface area is 242 Å². The van der Waals surface area contributed by atoms with Gasteiger partial charge in [0.2, 0.25) is 29.4 Å². The van der Waals surface area contributed by atoms with Crippen molar-refractivity contribution < 1.29 is 38.7 Å². The van der Waals surface area contributed by atoms with E-state index in [4.69, 9.17) is 0 Å². The van der Waals surface area contributed by atoms with Crippen LogP contribution < -0.4 is 26.6 Å². The molecule has 41 heavy (non-hydrogen) atoms. The standard InChI is InChI=1S/C28H49N5O8/c1-11-18(30-25(37)21(15(6)7)32-26(38)20(14(4)5)29-17(10)34)23(35)27(39)31-19(12-13(2)3)24(36)33-22(16(8)9)28(40)41/h13-16,18-22H,11-12H2,1-10H3,(H,29,34)(H,30,37)(H,31,39)(H,32,38)(H,33,36)(H,40,41)/t18-,19+,20-,21-,22-/m0/s1. The third-order valence-electron chi connectivity index (χ3n) is 6.38. The van der Waals surface area contributed by atoms with E-state index in [0.29, 0.717) is 0 Å². The van der Waals surface area contributed by atoms with Crippen LogP contribution in [0.5, 0.6) is 0 Å². The maximum absolute atomic E-state index is 13.1. The van der Waals surface area contributed by atoms with E-state index >= 15 is 0 Å².